The average Bonchev–Trinajstić information content (AvgIpc) is 2.81. The number of hydrogen-bond donors (Lipinski definition) is 1. The van der Waals surface area contributed by atoms with E-state index in [-0.39, 0.29) is 22.3 Å². The van der Waals surface area contributed by atoms with Crippen molar-refractivity contribution in [2.45, 2.75) is 70.1 Å². The normalized spacial score (nSPS) is 28.8. The van der Waals surface area contributed by atoms with Crippen molar-refractivity contribution in [3.05, 3.63) is 45.3 Å². The molecule has 7 nitrogen and oxygen atoms in total. The Morgan fingerprint density at radius 3 is 2.35 bits per heavy atom. The lowest BCUT2D eigenvalue weighted by Crippen LogP contribution is -2.64. The zero-order valence-corrected chi connectivity index (χ0v) is 17.3. The number of aromatic amines is 1. The summed E-state index contributed by atoms with van der Waals surface area (Å²) in [4.78, 5) is 25.7. The summed E-state index contributed by atoms with van der Waals surface area (Å²) >= 11 is 0. The van der Waals surface area contributed by atoms with Crippen LogP contribution in [0.5, 0.6) is 0 Å². The van der Waals surface area contributed by atoms with Gasteiger partial charge in [0.25, 0.3) is 5.56 Å². The molecule has 1 aromatic heterocycles. The highest BCUT2D eigenvalue weighted by molar-refractivity contribution is 6.73. The Balaban J connectivity index is 1.96. The highest BCUT2D eigenvalue weighted by Crippen LogP contribution is 2.56. The molecule has 1 N–H and O–H groups in total. The van der Waals surface area contributed by atoms with E-state index in [2.05, 4.69) is 53.1 Å². The van der Waals surface area contributed by atoms with E-state index in [4.69, 9.17) is 13.6 Å². The summed E-state index contributed by atoms with van der Waals surface area (Å²) in [7, 11) is -2.65. The molecule has 2 aliphatic rings. The first-order chi connectivity index (χ1) is 11.9. The Morgan fingerprint density at radius 2 is 1.81 bits per heavy atom. The molecule has 2 aliphatic heterocycles. The maximum Gasteiger partial charge on any atom is 0.349 e. The van der Waals surface area contributed by atoms with Gasteiger partial charge in [-0.1, -0.05) is 48.1 Å². The molecule has 3 heterocycles. The van der Waals surface area contributed by atoms with Gasteiger partial charge < -0.3 is 13.6 Å². The third-order valence-electron chi connectivity index (χ3n) is 5.15. The Bertz CT molecular complexity index is 815. The second kappa shape index (κ2) is 6.02. The predicted octanol–water partition coefficient (Wildman–Crippen LogP) is 2.45. The zero-order valence-electron chi connectivity index (χ0n) is 16.3. The van der Waals surface area contributed by atoms with Gasteiger partial charge in [0.1, 0.15) is 12.2 Å². The molecule has 3 rings (SSSR count). The molecule has 0 radical (unpaired) electrons. The van der Waals surface area contributed by atoms with Gasteiger partial charge in [-0.15, -0.1) is 0 Å². The number of fused-ring (bicyclic) bond motifs is 1. The van der Waals surface area contributed by atoms with Crippen LogP contribution in [0, 0.1) is 0 Å². The van der Waals surface area contributed by atoms with Gasteiger partial charge in [-0.05, 0) is 0 Å². The van der Waals surface area contributed by atoms with Crippen molar-refractivity contribution < 1.29 is 13.6 Å². The second-order valence-corrected chi connectivity index (χ2v) is 13.8. The highest BCUT2D eigenvalue weighted by atomic mass is 28.4. The van der Waals surface area contributed by atoms with Crippen LogP contribution in [0.4, 0.5) is 0 Å². The fourth-order valence-corrected chi connectivity index (χ4v) is 9.11. The van der Waals surface area contributed by atoms with Gasteiger partial charge in [0, 0.05) is 27.9 Å². The maximum absolute atomic E-state index is 12.1. The van der Waals surface area contributed by atoms with Gasteiger partial charge in [0.2, 0.25) is 0 Å². The largest absolute Gasteiger partial charge is 0.391 e. The first-order valence-corrected chi connectivity index (χ1v) is 10.7. The third kappa shape index (κ3) is 2.85. The molecule has 0 unspecified atom stereocenters. The topological polar surface area (TPSA) is 82.6 Å². The molecule has 0 spiro atoms. The van der Waals surface area contributed by atoms with Crippen molar-refractivity contribution in [2.75, 3.05) is 6.61 Å². The van der Waals surface area contributed by atoms with Crippen LogP contribution in [0.15, 0.2) is 34.0 Å². The van der Waals surface area contributed by atoms with Crippen molar-refractivity contribution in [2.24, 2.45) is 0 Å². The number of hydrogen-bond acceptors (Lipinski definition) is 5. The smallest absolute Gasteiger partial charge is 0.349 e. The first kappa shape index (κ1) is 19.3. The van der Waals surface area contributed by atoms with Gasteiger partial charge >= 0.3 is 14.3 Å². The SMILES string of the molecule is C=C1[C@H]2O[Si](C(C)(C)C)(C(C)(C)C)OC[C@H]2O[C@H]1n1ccc(=O)[nH]c1=O. The van der Waals surface area contributed by atoms with Crippen LogP contribution in [-0.4, -0.2) is 36.9 Å². The summed E-state index contributed by atoms with van der Waals surface area (Å²) in [5.41, 5.74) is -0.296. The van der Waals surface area contributed by atoms with E-state index in [1.807, 2.05) is 0 Å². The standard InChI is InChI=1S/C18H28N2O5Si/c1-11-14-12(24-15(11)20-9-8-13(21)19-16(20)22)10-23-26(25-14,17(2,3)4)18(5,6)7/h8-9,12,14-15H,1,10H2,2-7H3,(H,19,21,22)/t12-,14-,15-/m1/s1. The number of ether oxygens (including phenoxy) is 1. The number of nitrogens with one attached hydrogen (secondary N) is 1. The van der Waals surface area contributed by atoms with Crippen LogP contribution in [0.2, 0.25) is 10.1 Å². The van der Waals surface area contributed by atoms with Crippen molar-refractivity contribution in [3.8, 4) is 0 Å². The zero-order chi connectivity index (χ0) is 19.5. The molecule has 3 atom stereocenters. The molecule has 0 amide bonds. The minimum absolute atomic E-state index is 0.149. The predicted molar refractivity (Wildman–Crippen MR) is 100 cm³/mol. The van der Waals surface area contributed by atoms with Gasteiger partial charge in [0.05, 0.1) is 6.61 Å². The summed E-state index contributed by atoms with van der Waals surface area (Å²) in [5, 5.41) is -0.299. The summed E-state index contributed by atoms with van der Waals surface area (Å²) in [5.74, 6) is 0. The molecule has 0 aliphatic carbocycles. The van der Waals surface area contributed by atoms with E-state index in [0.717, 1.165) is 0 Å². The van der Waals surface area contributed by atoms with E-state index in [1.54, 1.807) is 0 Å². The Hall–Kier alpha value is -1.48. The Morgan fingerprint density at radius 1 is 1.19 bits per heavy atom. The fourth-order valence-electron chi connectivity index (χ4n) is 4.16. The van der Waals surface area contributed by atoms with Gasteiger partial charge in [-0.25, -0.2) is 4.79 Å². The summed E-state index contributed by atoms with van der Waals surface area (Å²) in [6.45, 7) is 17.4. The molecular formula is C18H28N2O5Si. The maximum atomic E-state index is 12.1. The van der Waals surface area contributed by atoms with Crippen molar-refractivity contribution in [1.82, 2.24) is 9.55 Å². The van der Waals surface area contributed by atoms with Gasteiger partial charge in [-0.3, -0.25) is 14.3 Å². The summed E-state index contributed by atoms with van der Waals surface area (Å²) in [6, 6.07) is 1.29. The molecule has 2 fully saturated rings. The van der Waals surface area contributed by atoms with Crippen LogP contribution >= 0.6 is 0 Å². The highest BCUT2D eigenvalue weighted by Gasteiger charge is 2.63. The van der Waals surface area contributed by atoms with E-state index < -0.39 is 26.0 Å². The van der Waals surface area contributed by atoms with Gasteiger partial charge in [0.15, 0.2) is 6.23 Å². The molecule has 26 heavy (non-hydrogen) atoms. The molecule has 2 saturated heterocycles. The minimum Gasteiger partial charge on any atom is -0.391 e. The molecule has 8 heteroatoms. The van der Waals surface area contributed by atoms with E-state index in [0.29, 0.717) is 12.2 Å². The Kier molecular flexibility index (Phi) is 4.46. The van der Waals surface area contributed by atoms with Crippen LogP contribution in [0.1, 0.15) is 47.8 Å². The molecule has 1 aromatic rings. The monoisotopic (exact) mass is 380 g/mol. The van der Waals surface area contributed by atoms with Crippen molar-refractivity contribution >= 4 is 8.56 Å². The molecule has 0 bridgehead atoms. The minimum atomic E-state index is -2.65. The quantitative estimate of drug-likeness (QED) is 0.598. The number of aromatic nitrogens is 2. The van der Waals surface area contributed by atoms with Crippen molar-refractivity contribution in [3.63, 3.8) is 0 Å². The average molecular weight is 381 g/mol. The fraction of sp³-hybridized carbons (Fsp3) is 0.667. The van der Waals surface area contributed by atoms with E-state index in [1.165, 1.54) is 16.8 Å². The summed E-state index contributed by atoms with van der Waals surface area (Å²) in [6.07, 6.45) is 0.0879. The van der Waals surface area contributed by atoms with Crippen LogP contribution in [-0.2, 0) is 13.6 Å². The lowest BCUT2D eigenvalue weighted by atomic mass is 10.1. The summed E-state index contributed by atoms with van der Waals surface area (Å²) < 4.78 is 20.4. The van der Waals surface area contributed by atoms with Crippen molar-refractivity contribution in [1.29, 1.82) is 0 Å². The number of rotatable bonds is 1. The molecule has 0 aromatic carbocycles. The molecule has 144 valence electrons. The second-order valence-electron chi connectivity index (χ2n) is 9.09. The van der Waals surface area contributed by atoms with Crippen LogP contribution in [0.25, 0.3) is 0 Å². The Labute approximate surface area is 154 Å². The van der Waals surface area contributed by atoms with Crippen LogP contribution < -0.4 is 11.2 Å². The lowest BCUT2D eigenvalue weighted by Gasteiger charge is -2.53. The molecule has 0 saturated carbocycles. The number of nitrogens with zero attached hydrogens (tertiary/aromatic N) is 1. The number of H-pyrrole nitrogens is 1. The lowest BCUT2D eigenvalue weighted by molar-refractivity contribution is -0.0808. The van der Waals surface area contributed by atoms with Crippen LogP contribution in [0.3, 0.4) is 0 Å². The third-order valence-corrected chi connectivity index (χ3v) is 10.3. The van der Waals surface area contributed by atoms with Gasteiger partial charge in [-0.2, -0.15) is 0 Å². The van der Waals surface area contributed by atoms with E-state index in [9.17, 15) is 9.59 Å². The molecular weight excluding hydrogens is 352 g/mol. The van der Waals surface area contributed by atoms with E-state index >= 15 is 0 Å². The first-order valence-electron chi connectivity index (χ1n) is 8.85.